The van der Waals surface area contributed by atoms with Crippen molar-refractivity contribution in [2.75, 3.05) is 4.90 Å². The van der Waals surface area contributed by atoms with Gasteiger partial charge in [0.1, 0.15) is 5.82 Å². The molecule has 4 atom stereocenters. The van der Waals surface area contributed by atoms with Crippen LogP contribution in [-0.2, 0) is 9.59 Å². The molecule has 2 aromatic carbocycles. The highest BCUT2D eigenvalue weighted by Crippen LogP contribution is 2.46. The highest BCUT2D eigenvalue weighted by atomic mass is 127. The monoisotopic (exact) mass is 783 g/mol. The van der Waals surface area contributed by atoms with Crippen molar-refractivity contribution in [2.24, 2.45) is 0 Å². The normalized spacial score (nSPS) is 20.1. The average Bonchev–Trinajstić information content (AvgIpc) is 3.44. The van der Waals surface area contributed by atoms with Gasteiger partial charge < -0.3 is 10.4 Å². The number of nitrogens with one attached hydrogen (secondary N) is 1. The number of halogens is 4. The lowest BCUT2D eigenvalue weighted by Crippen LogP contribution is -2.53. The lowest BCUT2D eigenvalue weighted by molar-refractivity contribution is -0.130. The Bertz CT molecular complexity index is 1910. The standard InChI is InChI=1S/C36H33ClF2IN5O3/c1-35(48,31-10-11-33(46)45(31)32-15-21(20-41)12-14-43-32)28(27-16-22(40)17-30-25(27)6-4-13-42-30)9-8-26(24-5-2-3-7-29(24)37)34(47)44-23-18-36(38,39)19-23/h2-7,12-17,23,26,28,31,48H,8-11,18-19H2,1H3,(H,44,47)/t26-,28?,31-,35-/m0/s1. The zero-order chi connectivity index (χ0) is 34.2. The van der Waals surface area contributed by atoms with Crippen molar-refractivity contribution in [3.63, 3.8) is 0 Å². The first-order chi connectivity index (χ1) is 22.9. The van der Waals surface area contributed by atoms with Gasteiger partial charge in [-0.05, 0) is 96.3 Å². The highest BCUT2D eigenvalue weighted by Gasteiger charge is 2.50. The molecule has 4 aromatic rings. The largest absolute Gasteiger partial charge is 0.387 e. The molecule has 2 aliphatic rings. The lowest BCUT2D eigenvalue weighted by atomic mass is 9.72. The number of aromatic nitrogens is 2. The van der Waals surface area contributed by atoms with Crippen molar-refractivity contribution >= 4 is 62.7 Å². The van der Waals surface area contributed by atoms with Crippen LogP contribution in [0.1, 0.15) is 74.0 Å². The minimum absolute atomic E-state index is 0.178. The van der Waals surface area contributed by atoms with Gasteiger partial charge in [0, 0.05) is 57.6 Å². The first-order valence-corrected chi connectivity index (χ1v) is 17.2. The molecular weight excluding hydrogens is 751 g/mol. The number of carbonyl (C=O) groups is 2. The molecule has 2 aromatic heterocycles. The molecule has 1 saturated carbocycles. The van der Waals surface area contributed by atoms with E-state index in [1.54, 1.807) is 43.5 Å². The maximum absolute atomic E-state index is 13.8. The van der Waals surface area contributed by atoms with Gasteiger partial charge in [0.25, 0.3) is 5.92 Å². The number of nitrogens with zero attached hydrogens (tertiary/aromatic N) is 4. The van der Waals surface area contributed by atoms with Crippen LogP contribution in [-0.4, -0.2) is 50.5 Å². The summed E-state index contributed by atoms with van der Waals surface area (Å²) < 4.78 is 28.2. The predicted octanol–water partition coefficient (Wildman–Crippen LogP) is 7.27. The maximum atomic E-state index is 13.8. The Morgan fingerprint density at radius 2 is 1.92 bits per heavy atom. The summed E-state index contributed by atoms with van der Waals surface area (Å²) in [5.41, 5.74) is 0.855. The van der Waals surface area contributed by atoms with Crippen LogP contribution in [0.5, 0.6) is 0 Å². The molecule has 0 spiro atoms. The molecule has 1 saturated heterocycles. The molecule has 48 heavy (non-hydrogen) atoms. The van der Waals surface area contributed by atoms with Gasteiger partial charge in [-0.1, -0.05) is 35.9 Å². The molecular formula is C36H33ClF2IN5O3. The zero-order valence-electron chi connectivity index (χ0n) is 26.0. The SMILES string of the molecule is C[C@](O)(C(CC[C@H](C(=O)NC1CC(F)(F)C1)c1ccccc1Cl)c1cc(I)cc2ncccc12)[C@@H]1CCC(=O)N1c1cc(C#N)ccn1. The third-order valence-electron chi connectivity index (χ3n) is 9.58. The summed E-state index contributed by atoms with van der Waals surface area (Å²) in [6.07, 6.45) is 3.33. The fourth-order valence-corrected chi connectivity index (χ4v) is 8.08. The molecule has 2 N–H and O–H groups in total. The molecule has 0 bridgehead atoms. The Kier molecular flexibility index (Phi) is 9.71. The van der Waals surface area contributed by atoms with Crippen LogP contribution in [0.2, 0.25) is 5.02 Å². The van der Waals surface area contributed by atoms with Crippen molar-refractivity contribution in [2.45, 2.75) is 80.9 Å². The molecule has 12 heteroatoms. The lowest BCUT2D eigenvalue weighted by Gasteiger charge is -2.42. The Morgan fingerprint density at radius 3 is 2.65 bits per heavy atom. The summed E-state index contributed by atoms with van der Waals surface area (Å²) in [5, 5.41) is 26.3. The van der Waals surface area contributed by atoms with Crippen LogP contribution in [0.25, 0.3) is 10.9 Å². The van der Waals surface area contributed by atoms with Gasteiger partial charge in [0.15, 0.2) is 0 Å². The van der Waals surface area contributed by atoms with Crippen molar-refractivity contribution in [1.82, 2.24) is 15.3 Å². The minimum atomic E-state index is -2.80. The Morgan fingerprint density at radius 1 is 1.15 bits per heavy atom. The molecule has 8 nitrogen and oxygen atoms in total. The van der Waals surface area contributed by atoms with Gasteiger partial charge in [0.2, 0.25) is 11.8 Å². The van der Waals surface area contributed by atoms with Crippen molar-refractivity contribution in [1.29, 1.82) is 5.26 Å². The fourth-order valence-electron chi connectivity index (χ4n) is 7.19. The van der Waals surface area contributed by atoms with E-state index in [1.807, 2.05) is 24.3 Å². The van der Waals surface area contributed by atoms with Gasteiger partial charge in [-0.2, -0.15) is 5.26 Å². The van der Waals surface area contributed by atoms with E-state index in [0.717, 1.165) is 20.0 Å². The Balaban J connectivity index is 1.41. The maximum Gasteiger partial charge on any atom is 0.252 e. The van der Waals surface area contributed by atoms with Gasteiger partial charge in [-0.3, -0.25) is 19.5 Å². The molecule has 6 rings (SSSR count). The quantitative estimate of drug-likeness (QED) is 0.164. The average molecular weight is 784 g/mol. The number of carbonyl (C=O) groups excluding carboxylic acids is 2. The number of rotatable bonds is 10. The van der Waals surface area contributed by atoms with Crippen LogP contribution >= 0.6 is 34.2 Å². The van der Waals surface area contributed by atoms with Crippen LogP contribution in [0.4, 0.5) is 14.6 Å². The first-order valence-electron chi connectivity index (χ1n) is 15.8. The second-order valence-electron chi connectivity index (χ2n) is 12.8. The third kappa shape index (κ3) is 6.88. The molecule has 3 heterocycles. The van der Waals surface area contributed by atoms with E-state index in [0.29, 0.717) is 22.6 Å². The van der Waals surface area contributed by atoms with Crippen LogP contribution < -0.4 is 10.2 Å². The molecule has 1 aliphatic carbocycles. The Labute approximate surface area is 295 Å². The van der Waals surface area contributed by atoms with Crippen LogP contribution in [0, 0.1) is 14.9 Å². The number of nitriles is 1. The number of fused-ring (bicyclic) bond motifs is 1. The summed E-state index contributed by atoms with van der Waals surface area (Å²) in [4.78, 5) is 37.6. The molecule has 1 aliphatic heterocycles. The zero-order valence-corrected chi connectivity index (χ0v) is 29.0. The summed E-state index contributed by atoms with van der Waals surface area (Å²) in [6.45, 7) is 1.70. The number of pyridine rings is 2. The van der Waals surface area contributed by atoms with Gasteiger partial charge in [-0.25, -0.2) is 13.8 Å². The van der Waals surface area contributed by atoms with Crippen molar-refractivity contribution in [3.8, 4) is 6.07 Å². The number of hydrogen-bond acceptors (Lipinski definition) is 6. The van der Waals surface area contributed by atoms with Gasteiger partial charge in [0.05, 0.1) is 34.7 Å². The summed E-state index contributed by atoms with van der Waals surface area (Å²) in [5.74, 6) is -4.59. The van der Waals surface area contributed by atoms with E-state index >= 15 is 0 Å². The minimum Gasteiger partial charge on any atom is -0.387 e. The molecule has 2 fully saturated rings. The number of alkyl halides is 2. The number of hydrogen-bond donors (Lipinski definition) is 2. The summed E-state index contributed by atoms with van der Waals surface area (Å²) in [7, 11) is 0. The van der Waals surface area contributed by atoms with Gasteiger partial charge in [-0.15, -0.1) is 0 Å². The van der Waals surface area contributed by atoms with Crippen LogP contribution in [0.15, 0.2) is 73.1 Å². The van der Waals surface area contributed by atoms with Crippen LogP contribution in [0.3, 0.4) is 0 Å². The van der Waals surface area contributed by atoms with Crippen molar-refractivity contribution < 1.29 is 23.5 Å². The predicted molar refractivity (Wildman–Crippen MR) is 187 cm³/mol. The molecule has 2 amide bonds. The van der Waals surface area contributed by atoms with E-state index in [4.69, 9.17) is 11.6 Å². The number of benzene rings is 2. The molecule has 248 valence electrons. The van der Waals surface area contributed by atoms with E-state index in [1.165, 1.54) is 17.2 Å². The number of anilines is 1. The first kappa shape index (κ1) is 34.1. The topological polar surface area (TPSA) is 119 Å². The van der Waals surface area contributed by atoms with Crippen molar-refractivity contribution in [3.05, 3.63) is 98.3 Å². The molecule has 0 radical (unpaired) electrons. The second kappa shape index (κ2) is 13.6. The smallest absolute Gasteiger partial charge is 0.252 e. The third-order valence-corrected chi connectivity index (χ3v) is 10.6. The number of aliphatic hydroxyl groups is 1. The summed E-state index contributed by atoms with van der Waals surface area (Å²) >= 11 is 8.82. The second-order valence-corrected chi connectivity index (χ2v) is 14.5. The Hall–Kier alpha value is -3.73. The van der Waals surface area contributed by atoms with E-state index in [9.17, 15) is 28.7 Å². The summed E-state index contributed by atoms with van der Waals surface area (Å²) in [6, 6.07) is 18.5. The van der Waals surface area contributed by atoms with Gasteiger partial charge >= 0.3 is 0 Å². The fraction of sp³-hybridized carbons (Fsp3) is 0.361. The van der Waals surface area contributed by atoms with E-state index < -0.39 is 54.2 Å². The number of amides is 2. The van der Waals surface area contributed by atoms with E-state index in [-0.39, 0.29) is 31.0 Å². The molecule has 1 unspecified atom stereocenters. The van der Waals surface area contributed by atoms with E-state index in [2.05, 4.69) is 43.9 Å². The highest BCUT2D eigenvalue weighted by molar-refractivity contribution is 14.1.